The van der Waals surface area contributed by atoms with Gasteiger partial charge in [0.2, 0.25) is 0 Å². The standard InChI is InChI=1S/C17H28N4/c1-3-6-16(21-11-9-18-10-12-21)17-19-13(2)14-7-4-5-8-15(14)20-17/h16,18H,3-12H2,1-2H3. The summed E-state index contributed by atoms with van der Waals surface area (Å²) in [7, 11) is 0. The third-order valence-electron chi connectivity index (χ3n) is 4.86. The van der Waals surface area contributed by atoms with Crippen LogP contribution in [0, 0.1) is 6.92 Å². The van der Waals surface area contributed by atoms with E-state index in [4.69, 9.17) is 9.97 Å². The lowest BCUT2D eigenvalue weighted by atomic mass is 9.94. The van der Waals surface area contributed by atoms with Crippen LogP contribution in [0.25, 0.3) is 0 Å². The van der Waals surface area contributed by atoms with Gasteiger partial charge in [0.1, 0.15) is 5.82 Å². The van der Waals surface area contributed by atoms with Gasteiger partial charge in [0, 0.05) is 37.6 Å². The predicted octanol–water partition coefficient (Wildman–Crippen LogP) is 2.41. The monoisotopic (exact) mass is 288 g/mol. The van der Waals surface area contributed by atoms with Crippen molar-refractivity contribution in [3.8, 4) is 0 Å². The summed E-state index contributed by atoms with van der Waals surface area (Å²) in [6.45, 7) is 8.85. The number of hydrogen-bond acceptors (Lipinski definition) is 4. The van der Waals surface area contributed by atoms with E-state index in [0.29, 0.717) is 6.04 Å². The number of fused-ring (bicyclic) bond motifs is 1. The van der Waals surface area contributed by atoms with E-state index in [0.717, 1.165) is 44.8 Å². The van der Waals surface area contributed by atoms with Crippen molar-refractivity contribution in [2.75, 3.05) is 26.2 Å². The molecule has 1 saturated heterocycles. The first-order chi connectivity index (χ1) is 10.3. The average Bonchev–Trinajstić information content (AvgIpc) is 2.53. The van der Waals surface area contributed by atoms with Gasteiger partial charge in [-0.05, 0) is 44.6 Å². The van der Waals surface area contributed by atoms with Crippen LogP contribution in [0.1, 0.15) is 61.4 Å². The molecule has 0 spiro atoms. The SMILES string of the molecule is CCCC(c1nc(C)c2c(n1)CCCC2)N1CCNCC1. The highest BCUT2D eigenvalue weighted by molar-refractivity contribution is 5.28. The summed E-state index contributed by atoms with van der Waals surface area (Å²) in [6.07, 6.45) is 7.26. The van der Waals surface area contributed by atoms with Gasteiger partial charge < -0.3 is 5.32 Å². The highest BCUT2D eigenvalue weighted by Crippen LogP contribution is 2.28. The first-order valence-electron chi connectivity index (χ1n) is 8.60. The van der Waals surface area contributed by atoms with Gasteiger partial charge in [0.05, 0.1) is 6.04 Å². The van der Waals surface area contributed by atoms with Crippen LogP contribution in [-0.2, 0) is 12.8 Å². The fraction of sp³-hybridized carbons (Fsp3) is 0.765. The largest absolute Gasteiger partial charge is 0.314 e. The second-order valence-electron chi connectivity index (χ2n) is 6.39. The van der Waals surface area contributed by atoms with Crippen molar-refractivity contribution in [3.05, 3.63) is 22.8 Å². The number of rotatable bonds is 4. The maximum atomic E-state index is 5.00. The zero-order valence-corrected chi connectivity index (χ0v) is 13.5. The van der Waals surface area contributed by atoms with Crippen molar-refractivity contribution >= 4 is 0 Å². The number of nitrogens with zero attached hydrogens (tertiary/aromatic N) is 3. The number of aryl methyl sites for hydroxylation is 2. The molecule has 21 heavy (non-hydrogen) atoms. The highest BCUT2D eigenvalue weighted by Gasteiger charge is 2.26. The molecule has 1 aromatic rings. The average molecular weight is 288 g/mol. The fourth-order valence-electron chi connectivity index (χ4n) is 3.70. The lowest BCUT2D eigenvalue weighted by molar-refractivity contribution is 0.157. The van der Waals surface area contributed by atoms with Crippen LogP contribution in [0.5, 0.6) is 0 Å². The van der Waals surface area contributed by atoms with Crippen molar-refractivity contribution < 1.29 is 0 Å². The Bertz CT molecular complexity index is 480. The molecule has 1 aliphatic heterocycles. The minimum absolute atomic E-state index is 0.406. The molecular formula is C17H28N4. The Kier molecular flexibility index (Phi) is 4.86. The lowest BCUT2D eigenvalue weighted by Gasteiger charge is -2.34. The molecule has 0 radical (unpaired) electrons. The molecule has 116 valence electrons. The van der Waals surface area contributed by atoms with Crippen LogP contribution in [0.3, 0.4) is 0 Å². The first kappa shape index (κ1) is 14.9. The maximum Gasteiger partial charge on any atom is 0.145 e. The molecule has 2 heterocycles. The van der Waals surface area contributed by atoms with Crippen molar-refractivity contribution in [1.29, 1.82) is 0 Å². The normalized spacial score (nSPS) is 21.0. The highest BCUT2D eigenvalue weighted by atomic mass is 15.2. The van der Waals surface area contributed by atoms with Gasteiger partial charge in [-0.15, -0.1) is 0 Å². The third kappa shape index (κ3) is 3.27. The van der Waals surface area contributed by atoms with E-state index in [1.807, 2.05) is 0 Å². The van der Waals surface area contributed by atoms with E-state index in [9.17, 15) is 0 Å². The molecule has 1 fully saturated rings. The van der Waals surface area contributed by atoms with Crippen LogP contribution < -0.4 is 5.32 Å². The summed E-state index contributed by atoms with van der Waals surface area (Å²) in [6, 6.07) is 0.406. The predicted molar refractivity (Wildman–Crippen MR) is 85.5 cm³/mol. The molecule has 0 amide bonds. The molecule has 0 aromatic carbocycles. The van der Waals surface area contributed by atoms with E-state index in [-0.39, 0.29) is 0 Å². The minimum atomic E-state index is 0.406. The summed E-state index contributed by atoms with van der Waals surface area (Å²) in [5.74, 6) is 1.08. The van der Waals surface area contributed by atoms with Gasteiger partial charge in [-0.25, -0.2) is 9.97 Å². The van der Waals surface area contributed by atoms with Crippen LogP contribution in [0.4, 0.5) is 0 Å². The molecule has 1 N–H and O–H groups in total. The van der Waals surface area contributed by atoms with Gasteiger partial charge in [-0.3, -0.25) is 4.90 Å². The zero-order valence-electron chi connectivity index (χ0n) is 13.5. The first-order valence-corrected chi connectivity index (χ1v) is 8.60. The van der Waals surface area contributed by atoms with E-state index >= 15 is 0 Å². The van der Waals surface area contributed by atoms with E-state index < -0.39 is 0 Å². The smallest absolute Gasteiger partial charge is 0.145 e. The van der Waals surface area contributed by atoms with Crippen LogP contribution in [0.15, 0.2) is 0 Å². The Morgan fingerprint density at radius 2 is 1.90 bits per heavy atom. The Balaban J connectivity index is 1.89. The summed E-state index contributed by atoms with van der Waals surface area (Å²) in [5.41, 5.74) is 3.99. The molecule has 2 aliphatic rings. The van der Waals surface area contributed by atoms with Gasteiger partial charge >= 0.3 is 0 Å². The van der Waals surface area contributed by atoms with Crippen LogP contribution in [-0.4, -0.2) is 41.0 Å². The number of hydrogen-bond donors (Lipinski definition) is 1. The van der Waals surface area contributed by atoms with Gasteiger partial charge in [-0.1, -0.05) is 13.3 Å². The fourth-order valence-corrected chi connectivity index (χ4v) is 3.70. The summed E-state index contributed by atoms with van der Waals surface area (Å²) in [5, 5.41) is 3.44. The Hall–Kier alpha value is -1.00. The van der Waals surface area contributed by atoms with E-state index in [1.165, 1.54) is 42.6 Å². The molecule has 1 aliphatic carbocycles. The minimum Gasteiger partial charge on any atom is -0.314 e. The lowest BCUT2D eigenvalue weighted by Crippen LogP contribution is -2.45. The van der Waals surface area contributed by atoms with Crippen molar-refractivity contribution in [2.45, 2.75) is 58.4 Å². The topological polar surface area (TPSA) is 41.1 Å². The van der Waals surface area contributed by atoms with Crippen LogP contribution in [0.2, 0.25) is 0 Å². The Morgan fingerprint density at radius 3 is 2.67 bits per heavy atom. The third-order valence-corrected chi connectivity index (χ3v) is 4.86. The van der Waals surface area contributed by atoms with Crippen molar-refractivity contribution in [3.63, 3.8) is 0 Å². The number of nitrogens with one attached hydrogen (secondary N) is 1. The van der Waals surface area contributed by atoms with E-state index in [1.54, 1.807) is 0 Å². The molecule has 1 aromatic heterocycles. The molecule has 4 heteroatoms. The van der Waals surface area contributed by atoms with Crippen LogP contribution >= 0.6 is 0 Å². The Morgan fingerprint density at radius 1 is 1.14 bits per heavy atom. The molecule has 0 bridgehead atoms. The second kappa shape index (κ2) is 6.84. The van der Waals surface area contributed by atoms with Gasteiger partial charge in [0.25, 0.3) is 0 Å². The van der Waals surface area contributed by atoms with Gasteiger partial charge in [0.15, 0.2) is 0 Å². The molecule has 1 atom stereocenters. The molecule has 0 saturated carbocycles. The number of aromatic nitrogens is 2. The van der Waals surface area contributed by atoms with E-state index in [2.05, 4.69) is 24.1 Å². The molecule has 4 nitrogen and oxygen atoms in total. The number of piperazine rings is 1. The van der Waals surface area contributed by atoms with Crippen molar-refractivity contribution in [2.24, 2.45) is 0 Å². The van der Waals surface area contributed by atoms with Gasteiger partial charge in [-0.2, -0.15) is 0 Å². The molecule has 3 rings (SSSR count). The summed E-state index contributed by atoms with van der Waals surface area (Å²) < 4.78 is 0. The summed E-state index contributed by atoms with van der Waals surface area (Å²) >= 11 is 0. The quantitative estimate of drug-likeness (QED) is 0.924. The molecular weight excluding hydrogens is 260 g/mol. The summed E-state index contributed by atoms with van der Waals surface area (Å²) in [4.78, 5) is 12.5. The zero-order chi connectivity index (χ0) is 14.7. The molecule has 1 unspecified atom stereocenters. The second-order valence-corrected chi connectivity index (χ2v) is 6.39. The van der Waals surface area contributed by atoms with Crippen molar-refractivity contribution in [1.82, 2.24) is 20.2 Å². The Labute approximate surface area is 128 Å². The maximum absolute atomic E-state index is 5.00.